The monoisotopic (exact) mass is 522 g/mol. The first-order chi connectivity index (χ1) is 15.7. The van der Waals surface area contributed by atoms with E-state index in [1.54, 1.807) is 0 Å². The molecule has 33 heavy (non-hydrogen) atoms. The first-order valence-corrected chi connectivity index (χ1v) is 20.0. The van der Waals surface area contributed by atoms with E-state index in [9.17, 15) is 0 Å². The van der Waals surface area contributed by atoms with Gasteiger partial charge in [-0.2, -0.15) is 0 Å². The number of rotatable bonds is 18. The molecule has 0 N–H and O–H groups in total. The zero-order valence-electron chi connectivity index (χ0n) is 23.2. The van der Waals surface area contributed by atoms with Crippen LogP contribution in [0.15, 0.2) is 0 Å². The Morgan fingerprint density at radius 3 is 0.879 bits per heavy atom. The standard InChI is InChI=1S/C24H54O6Si3/c1-10-16-25-22(7)31(19-13-4)28-32(20-14-5,23(8)26-17-11-2)30-33(29-31,21-15-6)24(9)27-18-12-3/h22-24H,10-21H2,1-9H3. The Balaban J connectivity index is 3.63. The van der Waals surface area contributed by atoms with E-state index >= 15 is 0 Å². The minimum Gasteiger partial charge on any atom is -0.412 e. The highest BCUT2D eigenvalue weighted by Crippen LogP contribution is 2.44. The maximum atomic E-state index is 7.28. The highest BCUT2D eigenvalue weighted by molar-refractivity contribution is 6.95. The summed E-state index contributed by atoms with van der Waals surface area (Å²) in [4.78, 5) is 0. The lowest BCUT2D eigenvalue weighted by Gasteiger charge is -2.57. The molecule has 3 atom stereocenters. The van der Waals surface area contributed by atoms with Crippen LogP contribution >= 0.6 is 0 Å². The smallest absolute Gasteiger partial charge is 0.350 e. The molecule has 6 nitrogen and oxygen atoms in total. The predicted molar refractivity (Wildman–Crippen MR) is 143 cm³/mol. The Morgan fingerprint density at radius 1 is 0.455 bits per heavy atom. The van der Waals surface area contributed by atoms with Gasteiger partial charge in [0.25, 0.3) is 0 Å². The van der Waals surface area contributed by atoms with E-state index in [4.69, 9.17) is 26.6 Å². The van der Waals surface area contributed by atoms with Crippen LogP contribution in [0.2, 0.25) is 18.1 Å². The van der Waals surface area contributed by atoms with Gasteiger partial charge in [0.15, 0.2) is 0 Å². The van der Waals surface area contributed by atoms with Gasteiger partial charge in [0.05, 0.1) is 17.2 Å². The van der Waals surface area contributed by atoms with Gasteiger partial charge in [-0.05, 0) is 58.2 Å². The summed E-state index contributed by atoms with van der Waals surface area (Å²) in [5.41, 5.74) is -0.151. The van der Waals surface area contributed by atoms with Crippen molar-refractivity contribution in [3.63, 3.8) is 0 Å². The van der Waals surface area contributed by atoms with E-state index in [1.807, 2.05) is 0 Å². The van der Waals surface area contributed by atoms with Crippen LogP contribution in [0, 0.1) is 0 Å². The molecule has 1 saturated heterocycles. The van der Waals surface area contributed by atoms with Gasteiger partial charge in [-0.3, -0.25) is 0 Å². The Labute approximate surface area is 208 Å². The summed E-state index contributed by atoms with van der Waals surface area (Å²) < 4.78 is 40.9. The third-order valence-corrected chi connectivity index (χ3v) is 22.5. The topological polar surface area (TPSA) is 55.4 Å². The molecule has 0 aromatic rings. The fourth-order valence-corrected chi connectivity index (χ4v) is 24.2. The zero-order valence-corrected chi connectivity index (χ0v) is 26.2. The summed E-state index contributed by atoms with van der Waals surface area (Å²) in [6, 6.07) is 2.75. The largest absolute Gasteiger partial charge is 0.412 e. The first-order valence-electron chi connectivity index (χ1n) is 13.7. The van der Waals surface area contributed by atoms with Crippen LogP contribution in [0.5, 0.6) is 0 Å². The summed E-state index contributed by atoms with van der Waals surface area (Å²) >= 11 is 0. The molecule has 0 aliphatic carbocycles. The quantitative estimate of drug-likeness (QED) is 0.187. The maximum Gasteiger partial charge on any atom is 0.350 e. The number of hydrogen-bond acceptors (Lipinski definition) is 6. The van der Waals surface area contributed by atoms with E-state index in [0.717, 1.165) is 76.5 Å². The SMILES string of the molecule is CCCOC(C)[Si]1(CCC)O[Si](CCC)(C(C)OCCC)O[Si](CCC)(C(C)OCCC)O1. The van der Waals surface area contributed by atoms with Crippen molar-refractivity contribution in [2.75, 3.05) is 19.8 Å². The molecule has 1 aliphatic rings. The van der Waals surface area contributed by atoms with E-state index in [1.165, 1.54) is 0 Å². The van der Waals surface area contributed by atoms with E-state index in [2.05, 4.69) is 62.3 Å². The van der Waals surface area contributed by atoms with Crippen molar-refractivity contribution in [3.05, 3.63) is 0 Å². The third-order valence-electron chi connectivity index (χ3n) is 6.41. The Morgan fingerprint density at radius 2 is 0.697 bits per heavy atom. The predicted octanol–water partition coefficient (Wildman–Crippen LogP) is 6.67. The molecule has 0 bridgehead atoms. The lowest BCUT2D eigenvalue weighted by atomic mass is 10.5. The van der Waals surface area contributed by atoms with Crippen molar-refractivity contribution < 1.29 is 26.6 Å². The van der Waals surface area contributed by atoms with Gasteiger partial charge in [0, 0.05) is 19.8 Å². The van der Waals surface area contributed by atoms with Crippen LogP contribution in [-0.4, -0.2) is 62.7 Å². The molecule has 198 valence electrons. The second-order valence-corrected chi connectivity index (χ2v) is 20.8. The van der Waals surface area contributed by atoms with Crippen LogP contribution in [0.3, 0.4) is 0 Å². The average Bonchev–Trinajstić information content (AvgIpc) is 2.79. The molecule has 3 unspecified atom stereocenters. The molecular formula is C24H54O6Si3. The lowest BCUT2D eigenvalue weighted by molar-refractivity contribution is 0.0271. The van der Waals surface area contributed by atoms with Crippen molar-refractivity contribution in [2.24, 2.45) is 0 Å². The van der Waals surface area contributed by atoms with Crippen LogP contribution in [0.25, 0.3) is 0 Å². The summed E-state index contributed by atoms with van der Waals surface area (Å²) in [5, 5.41) is 0. The van der Waals surface area contributed by atoms with Gasteiger partial charge in [-0.15, -0.1) is 0 Å². The fraction of sp³-hybridized carbons (Fsp3) is 1.00. The van der Waals surface area contributed by atoms with Gasteiger partial charge in [0.2, 0.25) is 0 Å². The lowest BCUT2D eigenvalue weighted by Crippen LogP contribution is -2.79. The molecule has 0 saturated carbocycles. The van der Waals surface area contributed by atoms with Crippen molar-refractivity contribution in [3.8, 4) is 0 Å². The van der Waals surface area contributed by atoms with Crippen molar-refractivity contribution >= 4 is 25.7 Å². The zero-order chi connectivity index (χ0) is 25.0. The number of ether oxygens (including phenoxy) is 3. The molecule has 9 heteroatoms. The molecule has 1 heterocycles. The van der Waals surface area contributed by atoms with Crippen LogP contribution in [-0.2, 0) is 26.6 Å². The Bertz CT molecular complexity index is 447. The fourth-order valence-electron chi connectivity index (χ4n) is 4.66. The van der Waals surface area contributed by atoms with Gasteiger partial charge in [0.1, 0.15) is 0 Å². The minimum atomic E-state index is -2.76. The second kappa shape index (κ2) is 15.5. The molecule has 1 aliphatic heterocycles. The normalized spacial score (nSPS) is 30.8. The van der Waals surface area contributed by atoms with Crippen molar-refractivity contribution in [1.29, 1.82) is 0 Å². The van der Waals surface area contributed by atoms with Gasteiger partial charge >= 0.3 is 25.7 Å². The third kappa shape index (κ3) is 8.21. The average molecular weight is 523 g/mol. The van der Waals surface area contributed by atoms with Crippen LogP contribution in [0.1, 0.15) is 101 Å². The molecule has 0 aromatic heterocycles. The minimum absolute atomic E-state index is 0.0505. The molecule has 1 fully saturated rings. The number of hydrogen-bond donors (Lipinski definition) is 0. The van der Waals surface area contributed by atoms with Crippen molar-refractivity contribution in [1.82, 2.24) is 0 Å². The van der Waals surface area contributed by atoms with Crippen LogP contribution < -0.4 is 0 Å². The van der Waals surface area contributed by atoms with Gasteiger partial charge in [-0.25, -0.2) is 0 Å². The molecule has 1 rings (SSSR count). The molecule has 0 radical (unpaired) electrons. The summed E-state index contributed by atoms with van der Waals surface area (Å²) in [6.45, 7) is 21.8. The highest BCUT2D eigenvalue weighted by atomic mass is 28.5. The first kappa shape index (κ1) is 31.4. The molecular weight excluding hydrogens is 469 g/mol. The van der Waals surface area contributed by atoms with Gasteiger partial charge < -0.3 is 26.6 Å². The molecule has 0 amide bonds. The van der Waals surface area contributed by atoms with E-state index in [0.29, 0.717) is 0 Å². The summed E-state index contributed by atoms with van der Waals surface area (Å²) in [6.07, 6.45) is 5.98. The Hall–Kier alpha value is 0.411. The maximum absolute atomic E-state index is 7.28. The van der Waals surface area contributed by atoms with E-state index < -0.39 is 25.7 Å². The summed E-state index contributed by atoms with van der Waals surface area (Å²) in [5.74, 6) is 0. The van der Waals surface area contributed by atoms with Crippen molar-refractivity contribution in [2.45, 2.75) is 136 Å². The second-order valence-electron chi connectivity index (χ2n) is 9.53. The highest BCUT2D eigenvalue weighted by Gasteiger charge is 2.67. The van der Waals surface area contributed by atoms with Gasteiger partial charge in [-0.1, -0.05) is 60.8 Å². The molecule has 0 aromatic carbocycles. The Kier molecular flexibility index (Phi) is 14.8. The summed E-state index contributed by atoms with van der Waals surface area (Å²) in [7, 11) is -8.27. The van der Waals surface area contributed by atoms with Crippen LogP contribution in [0.4, 0.5) is 0 Å². The van der Waals surface area contributed by atoms with E-state index in [-0.39, 0.29) is 17.2 Å². The molecule has 0 spiro atoms.